The minimum atomic E-state index is 0.0255. The van der Waals surface area contributed by atoms with Crippen LogP contribution >= 0.6 is 43.2 Å². The number of nitrogens with one attached hydrogen (secondary N) is 1. The highest BCUT2D eigenvalue weighted by Gasteiger charge is 2.20. The Morgan fingerprint density at radius 1 is 1.50 bits per heavy atom. The first-order chi connectivity index (χ1) is 7.50. The maximum atomic E-state index is 9.03. The average Bonchev–Trinajstić information content (AvgIpc) is 2.56. The molecule has 0 aromatic carbocycles. The lowest BCUT2D eigenvalue weighted by atomic mass is 9.95. The van der Waals surface area contributed by atoms with E-state index < -0.39 is 0 Å². The molecule has 0 aliphatic rings. The van der Waals surface area contributed by atoms with E-state index in [1.807, 2.05) is 0 Å². The summed E-state index contributed by atoms with van der Waals surface area (Å²) < 4.78 is 2.24. The van der Waals surface area contributed by atoms with Crippen molar-refractivity contribution in [2.45, 2.75) is 38.8 Å². The van der Waals surface area contributed by atoms with Crippen LogP contribution in [0.15, 0.2) is 14.3 Å². The van der Waals surface area contributed by atoms with Crippen LogP contribution in [0.1, 0.15) is 31.6 Å². The van der Waals surface area contributed by atoms with E-state index in [1.165, 1.54) is 4.88 Å². The number of aliphatic hydroxyl groups excluding tert-OH is 1. The lowest BCUT2D eigenvalue weighted by molar-refractivity contribution is 0.215. The molecule has 0 aliphatic carbocycles. The molecule has 1 atom stereocenters. The monoisotopic (exact) mass is 369 g/mol. The maximum Gasteiger partial charge on any atom is 0.0843 e. The molecule has 2 N–H and O–H groups in total. The lowest BCUT2D eigenvalue weighted by Gasteiger charge is -2.28. The molecular weight excluding hydrogens is 354 g/mol. The van der Waals surface area contributed by atoms with Crippen molar-refractivity contribution in [3.05, 3.63) is 19.2 Å². The van der Waals surface area contributed by atoms with Gasteiger partial charge in [-0.3, -0.25) is 0 Å². The molecule has 0 saturated heterocycles. The number of aliphatic hydroxyl groups is 1. The number of thiophene rings is 1. The molecule has 0 spiro atoms. The minimum absolute atomic E-state index is 0.0255. The van der Waals surface area contributed by atoms with E-state index in [4.69, 9.17) is 5.11 Å². The second kappa shape index (κ2) is 6.50. The SMILES string of the molecule is CCC(C)(CCO)NCc1cc(Br)c(Br)s1. The van der Waals surface area contributed by atoms with Crippen LogP contribution in [0, 0.1) is 0 Å². The van der Waals surface area contributed by atoms with Crippen LogP contribution in [-0.2, 0) is 6.54 Å². The van der Waals surface area contributed by atoms with Crippen molar-refractivity contribution < 1.29 is 5.11 Å². The average molecular weight is 371 g/mol. The van der Waals surface area contributed by atoms with Gasteiger partial charge in [-0.2, -0.15) is 0 Å². The van der Waals surface area contributed by atoms with E-state index in [0.29, 0.717) is 0 Å². The molecule has 0 bridgehead atoms. The Hall–Kier alpha value is 0.580. The Kier molecular flexibility index (Phi) is 5.94. The Morgan fingerprint density at radius 2 is 2.19 bits per heavy atom. The summed E-state index contributed by atoms with van der Waals surface area (Å²) in [6.45, 7) is 5.37. The Balaban J connectivity index is 2.55. The highest BCUT2D eigenvalue weighted by atomic mass is 79.9. The molecule has 0 amide bonds. The first kappa shape index (κ1) is 14.6. The van der Waals surface area contributed by atoms with Gasteiger partial charge in [0.25, 0.3) is 0 Å². The predicted molar refractivity (Wildman–Crippen MR) is 77.0 cm³/mol. The van der Waals surface area contributed by atoms with Gasteiger partial charge >= 0.3 is 0 Å². The van der Waals surface area contributed by atoms with Crippen LogP contribution in [0.3, 0.4) is 0 Å². The fourth-order valence-corrected chi connectivity index (χ4v) is 3.53. The molecule has 0 fully saturated rings. The molecule has 1 rings (SSSR count). The van der Waals surface area contributed by atoms with E-state index in [2.05, 4.69) is 57.1 Å². The highest BCUT2D eigenvalue weighted by molar-refractivity contribution is 9.13. The van der Waals surface area contributed by atoms with Gasteiger partial charge in [-0.15, -0.1) is 11.3 Å². The van der Waals surface area contributed by atoms with Gasteiger partial charge < -0.3 is 10.4 Å². The predicted octanol–water partition coefficient (Wildman–Crippen LogP) is 3.91. The second-order valence-corrected chi connectivity index (χ2v) is 7.38. The molecular formula is C11H17Br2NOS. The minimum Gasteiger partial charge on any atom is -0.396 e. The zero-order valence-electron chi connectivity index (χ0n) is 9.52. The molecule has 0 saturated carbocycles. The van der Waals surface area contributed by atoms with Gasteiger partial charge in [0.15, 0.2) is 0 Å². The summed E-state index contributed by atoms with van der Waals surface area (Å²) in [5, 5.41) is 12.5. The number of rotatable bonds is 6. The molecule has 16 heavy (non-hydrogen) atoms. The molecule has 5 heteroatoms. The number of hydrogen-bond acceptors (Lipinski definition) is 3. The largest absolute Gasteiger partial charge is 0.396 e. The summed E-state index contributed by atoms with van der Waals surface area (Å²) in [5.74, 6) is 0. The molecule has 1 aromatic heterocycles. The van der Waals surface area contributed by atoms with Crippen LogP contribution < -0.4 is 5.32 Å². The second-order valence-electron chi connectivity index (χ2n) is 4.08. The molecule has 2 nitrogen and oxygen atoms in total. The van der Waals surface area contributed by atoms with Crippen molar-refractivity contribution in [1.82, 2.24) is 5.32 Å². The zero-order chi connectivity index (χ0) is 12.2. The van der Waals surface area contributed by atoms with Crippen LogP contribution in [0.5, 0.6) is 0 Å². The zero-order valence-corrected chi connectivity index (χ0v) is 13.5. The normalized spacial score (nSPS) is 15.1. The number of hydrogen-bond donors (Lipinski definition) is 2. The van der Waals surface area contributed by atoms with Gasteiger partial charge in [0, 0.05) is 28.0 Å². The van der Waals surface area contributed by atoms with Crippen molar-refractivity contribution in [3.63, 3.8) is 0 Å². The molecule has 1 unspecified atom stereocenters. The van der Waals surface area contributed by atoms with Crippen LogP contribution in [0.2, 0.25) is 0 Å². The highest BCUT2D eigenvalue weighted by Crippen LogP contribution is 2.32. The van der Waals surface area contributed by atoms with Gasteiger partial charge in [-0.1, -0.05) is 6.92 Å². The van der Waals surface area contributed by atoms with Crippen molar-refractivity contribution >= 4 is 43.2 Å². The molecule has 0 aliphatic heterocycles. The summed E-state index contributed by atoms with van der Waals surface area (Å²) in [5.41, 5.74) is 0.0255. The summed E-state index contributed by atoms with van der Waals surface area (Å²) in [4.78, 5) is 1.29. The van der Waals surface area contributed by atoms with Crippen molar-refractivity contribution in [2.24, 2.45) is 0 Å². The maximum absolute atomic E-state index is 9.03. The van der Waals surface area contributed by atoms with Crippen LogP contribution in [-0.4, -0.2) is 17.3 Å². The van der Waals surface area contributed by atoms with Gasteiger partial charge in [0.05, 0.1) is 3.79 Å². The third-order valence-corrected chi connectivity index (χ3v) is 6.09. The summed E-state index contributed by atoms with van der Waals surface area (Å²) in [6, 6.07) is 2.12. The van der Waals surface area contributed by atoms with E-state index in [0.717, 1.165) is 27.6 Å². The first-order valence-corrected chi connectivity index (χ1v) is 7.70. The van der Waals surface area contributed by atoms with Crippen LogP contribution in [0.25, 0.3) is 0 Å². The molecule has 0 radical (unpaired) electrons. The van der Waals surface area contributed by atoms with E-state index in [9.17, 15) is 0 Å². The van der Waals surface area contributed by atoms with Crippen molar-refractivity contribution in [3.8, 4) is 0 Å². The van der Waals surface area contributed by atoms with Crippen LogP contribution in [0.4, 0.5) is 0 Å². The van der Waals surface area contributed by atoms with Crippen molar-refractivity contribution in [1.29, 1.82) is 0 Å². The van der Waals surface area contributed by atoms with Gasteiger partial charge in [-0.05, 0) is 57.7 Å². The fourth-order valence-electron chi connectivity index (χ4n) is 1.42. The summed E-state index contributed by atoms with van der Waals surface area (Å²) in [7, 11) is 0. The van der Waals surface area contributed by atoms with Gasteiger partial charge in [-0.25, -0.2) is 0 Å². The Labute approximate surface area is 118 Å². The van der Waals surface area contributed by atoms with Crippen molar-refractivity contribution in [2.75, 3.05) is 6.61 Å². The summed E-state index contributed by atoms with van der Waals surface area (Å²) in [6.07, 6.45) is 1.80. The van der Waals surface area contributed by atoms with Gasteiger partial charge in [0.1, 0.15) is 0 Å². The smallest absolute Gasteiger partial charge is 0.0843 e. The molecule has 1 heterocycles. The first-order valence-electron chi connectivity index (χ1n) is 5.30. The summed E-state index contributed by atoms with van der Waals surface area (Å²) >= 11 is 8.70. The third-order valence-electron chi connectivity index (χ3n) is 2.83. The molecule has 92 valence electrons. The topological polar surface area (TPSA) is 32.3 Å². The lowest BCUT2D eigenvalue weighted by Crippen LogP contribution is -2.41. The Morgan fingerprint density at radius 3 is 2.62 bits per heavy atom. The molecule has 1 aromatic rings. The van der Waals surface area contributed by atoms with E-state index in [-0.39, 0.29) is 12.1 Å². The third kappa shape index (κ3) is 4.11. The van der Waals surface area contributed by atoms with E-state index in [1.54, 1.807) is 11.3 Å². The van der Waals surface area contributed by atoms with Gasteiger partial charge in [0.2, 0.25) is 0 Å². The standard InChI is InChI=1S/C11H17Br2NOS/c1-3-11(2,4-5-15)14-7-8-6-9(12)10(13)16-8/h6,14-15H,3-5,7H2,1-2H3. The Bertz CT molecular complexity index is 323. The number of halogens is 2. The van der Waals surface area contributed by atoms with E-state index >= 15 is 0 Å². The quantitative estimate of drug-likeness (QED) is 0.795. The fraction of sp³-hybridized carbons (Fsp3) is 0.636.